The second-order valence-corrected chi connectivity index (χ2v) is 8.24. The van der Waals surface area contributed by atoms with Crippen LogP contribution in [-0.2, 0) is 15.0 Å². The minimum absolute atomic E-state index is 0.0548. The predicted octanol–water partition coefficient (Wildman–Crippen LogP) is 2.63. The number of fused-ring (bicyclic) bond motifs is 6. The number of Topliss-reactive ketones (excluding diaryl/α,β-unsaturated/α-hetero) is 1. The highest BCUT2D eigenvalue weighted by atomic mass is 16.5. The Labute approximate surface area is 165 Å². The molecule has 4 aliphatic rings. The highest BCUT2D eigenvalue weighted by molar-refractivity contribution is 6.12. The van der Waals surface area contributed by atoms with Crippen LogP contribution in [0.3, 0.4) is 0 Å². The van der Waals surface area contributed by atoms with Crippen molar-refractivity contribution >= 4 is 17.4 Å². The predicted molar refractivity (Wildman–Crippen MR) is 107 cm³/mol. The Hall–Kier alpha value is -2.34. The molecule has 1 aromatic carbocycles. The van der Waals surface area contributed by atoms with E-state index in [0.717, 1.165) is 37.1 Å². The SMILES string of the molecule is C/C=C1/C(=O)[C@@]23CCN(C)CC[C@@H]1C[C@H]2N(C(C)=O)c1c3ccc(OC)c1O. The summed E-state index contributed by atoms with van der Waals surface area (Å²) in [6, 6.07) is 3.30. The van der Waals surface area contributed by atoms with E-state index >= 15 is 0 Å². The lowest BCUT2D eigenvalue weighted by Gasteiger charge is -2.44. The van der Waals surface area contributed by atoms with E-state index in [2.05, 4.69) is 11.9 Å². The quantitative estimate of drug-likeness (QED) is 0.754. The molecule has 1 aromatic rings. The minimum Gasteiger partial charge on any atom is -0.503 e. The van der Waals surface area contributed by atoms with E-state index in [0.29, 0.717) is 17.9 Å². The third-order valence-corrected chi connectivity index (χ3v) is 6.95. The fraction of sp³-hybridized carbons (Fsp3) is 0.545. The molecular formula is C22H28N2O4. The zero-order valence-corrected chi connectivity index (χ0v) is 17.0. The van der Waals surface area contributed by atoms with Crippen molar-refractivity contribution in [2.24, 2.45) is 5.92 Å². The average molecular weight is 384 g/mol. The number of carbonyl (C=O) groups is 2. The lowest BCUT2D eigenvalue weighted by atomic mass is 9.60. The lowest BCUT2D eigenvalue weighted by Crippen LogP contribution is -2.56. The van der Waals surface area contributed by atoms with Crippen molar-refractivity contribution in [2.45, 2.75) is 44.6 Å². The number of phenols is 1. The first-order chi connectivity index (χ1) is 13.4. The van der Waals surface area contributed by atoms with Crippen LogP contribution in [-0.4, -0.2) is 55.0 Å². The maximum atomic E-state index is 13.9. The van der Waals surface area contributed by atoms with Gasteiger partial charge in [-0.1, -0.05) is 12.1 Å². The van der Waals surface area contributed by atoms with E-state index in [-0.39, 0.29) is 29.4 Å². The Morgan fingerprint density at radius 3 is 2.75 bits per heavy atom. The molecular weight excluding hydrogens is 356 g/mol. The number of hydrogen-bond donors (Lipinski definition) is 1. The van der Waals surface area contributed by atoms with Gasteiger partial charge in [-0.2, -0.15) is 0 Å². The third kappa shape index (κ3) is 2.37. The number of phenolic OH excluding ortho intramolecular Hbond substituents is 1. The number of benzene rings is 1. The van der Waals surface area contributed by atoms with E-state index < -0.39 is 5.41 Å². The topological polar surface area (TPSA) is 70.1 Å². The van der Waals surface area contributed by atoms with Crippen molar-refractivity contribution < 1.29 is 19.4 Å². The molecule has 3 aliphatic heterocycles. The fourth-order valence-electron chi connectivity index (χ4n) is 5.59. The Balaban J connectivity index is 2.02. The zero-order valence-electron chi connectivity index (χ0n) is 17.0. The number of nitrogens with zero attached hydrogens (tertiary/aromatic N) is 2. The normalized spacial score (nSPS) is 31.2. The standard InChI is InChI=1S/C22H28N2O4/c1-5-15-14-8-10-23(3)11-9-22(21(15)27)16-6-7-17(28-4)20(26)19(16)24(13(2)25)18(22)12-14/h5-7,14,18,26H,8-12H2,1-4H3/b15-5+/t14-,18-,22-/m1/s1. The van der Waals surface area contributed by atoms with E-state index in [4.69, 9.17) is 4.74 Å². The molecule has 1 amide bonds. The van der Waals surface area contributed by atoms with Gasteiger partial charge in [0.05, 0.1) is 24.3 Å². The number of ketones is 1. The second kappa shape index (κ2) is 6.62. The van der Waals surface area contributed by atoms with Gasteiger partial charge in [0, 0.05) is 6.92 Å². The summed E-state index contributed by atoms with van der Waals surface area (Å²) >= 11 is 0. The molecule has 0 aromatic heterocycles. The maximum absolute atomic E-state index is 13.9. The van der Waals surface area contributed by atoms with Crippen LogP contribution in [0, 0.1) is 5.92 Å². The smallest absolute Gasteiger partial charge is 0.224 e. The Bertz CT molecular complexity index is 878. The largest absolute Gasteiger partial charge is 0.503 e. The molecule has 1 aliphatic carbocycles. The summed E-state index contributed by atoms with van der Waals surface area (Å²) in [5.74, 6) is 0.344. The molecule has 3 heterocycles. The molecule has 6 nitrogen and oxygen atoms in total. The number of anilines is 1. The first kappa shape index (κ1) is 19.0. The summed E-state index contributed by atoms with van der Waals surface area (Å²) in [7, 11) is 3.57. The van der Waals surface area contributed by atoms with Gasteiger partial charge in [-0.3, -0.25) is 9.59 Å². The highest BCUT2D eigenvalue weighted by Gasteiger charge is 2.61. The lowest BCUT2D eigenvalue weighted by molar-refractivity contribution is -0.124. The first-order valence-corrected chi connectivity index (χ1v) is 9.96. The molecule has 3 fully saturated rings. The van der Waals surface area contributed by atoms with Crippen molar-refractivity contribution in [1.82, 2.24) is 4.90 Å². The highest BCUT2D eigenvalue weighted by Crippen LogP contribution is 2.59. The van der Waals surface area contributed by atoms with E-state index in [9.17, 15) is 14.7 Å². The number of hydrogen-bond acceptors (Lipinski definition) is 5. The van der Waals surface area contributed by atoms with Crippen LogP contribution in [0.5, 0.6) is 11.5 Å². The molecule has 28 heavy (non-hydrogen) atoms. The summed E-state index contributed by atoms with van der Waals surface area (Å²) in [5.41, 5.74) is 1.26. The number of rotatable bonds is 1. The second-order valence-electron chi connectivity index (χ2n) is 8.24. The third-order valence-electron chi connectivity index (χ3n) is 6.95. The molecule has 1 spiro atoms. The van der Waals surface area contributed by atoms with Crippen molar-refractivity contribution in [1.29, 1.82) is 0 Å². The Kier molecular flexibility index (Phi) is 4.49. The van der Waals surface area contributed by atoms with Gasteiger partial charge in [0.1, 0.15) is 0 Å². The molecule has 2 saturated heterocycles. The van der Waals surface area contributed by atoms with E-state index in [1.54, 1.807) is 11.0 Å². The average Bonchev–Trinajstić information content (AvgIpc) is 3.00. The summed E-state index contributed by atoms with van der Waals surface area (Å²) in [6.45, 7) is 5.14. The minimum atomic E-state index is -0.818. The van der Waals surface area contributed by atoms with Gasteiger partial charge >= 0.3 is 0 Å². The fourth-order valence-corrected chi connectivity index (χ4v) is 5.59. The van der Waals surface area contributed by atoms with Crippen molar-refractivity contribution in [3.05, 3.63) is 29.3 Å². The van der Waals surface area contributed by atoms with Gasteiger partial charge in [0.15, 0.2) is 17.3 Å². The first-order valence-electron chi connectivity index (χ1n) is 9.96. The number of ether oxygens (including phenoxy) is 1. The van der Waals surface area contributed by atoms with Crippen LogP contribution >= 0.6 is 0 Å². The molecule has 2 bridgehead atoms. The Morgan fingerprint density at radius 1 is 1.36 bits per heavy atom. The number of allylic oxidation sites excluding steroid dienone is 2. The molecule has 1 saturated carbocycles. The van der Waals surface area contributed by atoms with Crippen LogP contribution < -0.4 is 9.64 Å². The van der Waals surface area contributed by atoms with Crippen LogP contribution in [0.2, 0.25) is 0 Å². The molecule has 5 rings (SSSR count). The molecule has 0 radical (unpaired) electrons. The Morgan fingerprint density at radius 2 is 2.11 bits per heavy atom. The summed E-state index contributed by atoms with van der Waals surface area (Å²) in [6.07, 6.45) is 4.20. The van der Waals surface area contributed by atoms with Gasteiger partial charge in [-0.05, 0) is 69.4 Å². The van der Waals surface area contributed by atoms with E-state index in [1.165, 1.54) is 14.0 Å². The monoisotopic (exact) mass is 384 g/mol. The van der Waals surface area contributed by atoms with Crippen LogP contribution in [0.4, 0.5) is 5.69 Å². The van der Waals surface area contributed by atoms with Crippen molar-refractivity contribution in [3.63, 3.8) is 0 Å². The number of aromatic hydroxyl groups is 1. The maximum Gasteiger partial charge on any atom is 0.224 e. The van der Waals surface area contributed by atoms with Crippen molar-refractivity contribution in [3.8, 4) is 11.5 Å². The molecule has 3 atom stereocenters. The van der Waals surface area contributed by atoms with Crippen LogP contribution in [0.15, 0.2) is 23.8 Å². The molecule has 6 heteroatoms. The number of methoxy groups -OCH3 is 1. The number of amides is 1. The summed E-state index contributed by atoms with van der Waals surface area (Å²) in [4.78, 5) is 30.6. The number of carbonyl (C=O) groups excluding carboxylic acids is 2. The molecule has 1 N–H and O–H groups in total. The molecule has 0 unspecified atom stereocenters. The van der Waals surface area contributed by atoms with Crippen LogP contribution in [0.25, 0.3) is 0 Å². The van der Waals surface area contributed by atoms with Crippen LogP contribution in [0.1, 0.15) is 38.7 Å². The van der Waals surface area contributed by atoms with Gasteiger partial charge < -0.3 is 19.6 Å². The summed E-state index contributed by atoms with van der Waals surface area (Å²) in [5, 5.41) is 10.9. The molecule has 150 valence electrons. The zero-order chi connectivity index (χ0) is 20.2. The van der Waals surface area contributed by atoms with Crippen molar-refractivity contribution in [2.75, 3.05) is 32.1 Å². The van der Waals surface area contributed by atoms with Gasteiger partial charge in [0.25, 0.3) is 0 Å². The van der Waals surface area contributed by atoms with E-state index in [1.807, 2.05) is 19.1 Å². The van der Waals surface area contributed by atoms with Gasteiger partial charge in [-0.25, -0.2) is 0 Å². The summed E-state index contributed by atoms with van der Waals surface area (Å²) < 4.78 is 5.29. The van der Waals surface area contributed by atoms with Gasteiger partial charge in [0.2, 0.25) is 5.91 Å². The van der Waals surface area contributed by atoms with Gasteiger partial charge in [-0.15, -0.1) is 0 Å².